The first-order valence-electron chi connectivity index (χ1n) is 6.73. The number of benzene rings is 1. The molecule has 0 bridgehead atoms. The molecule has 0 spiro atoms. The molecule has 1 unspecified atom stereocenters. The molecule has 0 heterocycles. The Hall–Kier alpha value is -1.42. The van der Waals surface area contributed by atoms with E-state index in [0.717, 1.165) is 12.8 Å². The first-order chi connectivity index (χ1) is 8.96. The van der Waals surface area contributed by atoms with Crippen LogP contribution in [0.4, 0.5) is 4.39 Å². The molecule has 19 heavy (non-hydrogen) atoms. The van der Waals surface area contributed by atoms with Gasteiger partial charge < -0.3 is 11.1 Å². The fraction of sp³-hybridized carbons (Fsp3) is 0.533. The first kappa shape index (κ1) is 14.0. The molecule has 1 fully saturated rings. The predicted octanol–water partition coefficient (Wildman–Crippen LogP) is 1.96. The van der Waals surface area contributed by atoms with Crippen molar-refractivity contribution in [3.63, 3.8) is 0 Å². The van der Waals surface area contributed by atoms with Crippen LogP contribution in [0.5, 0.6) is 0 Å². The summed E-state index contributed by atoms with van der Waals surface area (Å²) in [5.41, 5.74) is 5.21. The van der Waals surface area contributed by atoms with Gasteiger partial charge in [0.1, 0.15) is 5.82 Å². The minimum atomic E-state index is -0.895. The number of rotatable bonds is 5. The Labute approximate surface area is 113 Å². The molecule has 1 aliphatic rings. The lowest BCUT2D eigenvalue weighted by atomic mass is 9.83. The molecule has 2 rings (SSSR count). The van der Waals surface area contributed by atoms with Crippen molar-refractivity contribution in [2.45, 2.75) is 38.1 Å². The van der Waals surface area contributed by atoms with Gasteiger partial charge in [0.15, 0.2) is 0 Å². The third-order valence-electron chi connectivity index (χ3n) is 3.88. The van der Waals surface area contributed by atoms with Crippen molar-refractivity contribution >= 4 is 5.91 Å². The maximum Gasteiger partial charge on any atom is 0.230 e. The van der Waals surface area contributed by atoms with E-state index in [9.17, 15) is 9.18 Å². The number of hydrogen-bond acceptors (Lipinski definition) is 2. The SMILES string of the molecule is CC(C)(C(=O)NC(CN)C1CC1)c1ccccc1F. The van der Waals surface area contributed by atoms with Gasteiger partial charge >= 0.3 is 0 Å². The molecule has 1 aromatic carbocycles. The molecule has 1 aromatic rings. The lowest BCUT2D eigenvalue weighted by molar-refractivity contribution is -0.126. The Bertz CT molecular complexity index is 469. The molecule has 0 aliphatic heterocycles. The largest absolute Gasteiger partial charge is 0.351 e. The van der Waals surface area contributed by atoms with Gasteiger partial charge in [0.05, 0.1) is 5.41 Å². The zero-order valence-electron chi connectivity index (χ0n) is 11.4. The molecule has 3 N–H and O–H groups in total. The second kappa shape index (κ2) is 5.29. The summed E-state index contributed by atoms with van der Waals surface area (Å²) < 4.78 is 13.8. The molecule has 4 heteroatoms. The summed E-state index contributed by atoms with van der Waals surface area (Å²) in [6, 6.07) is 6.42. The molecular weight excluding hydrogens is 243 g/mol. The van der Waals surface area contributed by atoms with Gasteiger partial charge in [-0.05, 0) is 38.7 Å². The Kier molecular flexibility index (Phi) is 3.90. The second-order valence-corrected chi connectivity index (χ2v) is 5.76. The van der Waals surface area contributed by atoms with Crippen molar-refractivity contribution in [3.05, 3.63) is 35.6 Å². The summed E-state index contributed by atoms with van der Waals surface area (Å²) in [6.45, 7) is 3.91. The van der Waals surface area contributed by atoms with E-state index in [0.29, 0.717) is 18.0 Å². The van der Waals surface area contributed by atoms with Crippen LogP contribution >= 0.6 is 0 Å². The smallest absolute Gasteiger partial charge is 0.230 e. The van der Waals surface area contributed by atoms with Crippen LogP contribution in [0.3, 0.4) is 0 Å². The third kappa shape index (κ3) is 2.95. The number of amides is 1. The highest BCUT2D eigenvalue weighted by Crippen LogP contribution is 2.33. The van der Waals surface area contributed by atoms with E-state index in [1.165, 1.54) is 6.07 Å². The summed E-state index contributed by atoms with van der Waals surface area (Å²) in [5.74, 6) is -0.0244. The van der Waals surface area contributed by atoms with Crippen LogP contribution in [0.25, 0.3) is 0 Å². The van der Waals surface area contributed by atoms with Crippen LogP contribution in [0.1, 0.15) is 32.3 Å². The number of halogens is 1. The second-order valence-electron chi connectivity index (χ2n) is 5.76. The fourth-order valence-electron chi connectivity index (χ4n) is 2.31. The van der Waals surface area contributed by atoms with Crippen molar-refractivity contribution in [3.8, 4) is 0 Å². The number of nitrogens with one attached hydrogen (secondary N) is 1. The Morgan fingerprint density at radius 1 is 1.47 bits per heavy atom. The molecule has 1 amide bonds. The highest BCUT2D eigenvalue weighted by atomic mass is 19.1. The average Bonchev–Trinajstić information content (AvgIpc) is 3.20. The number of nitrogens with two attached hydrogens (primary N) is 1. The summed E-state index contributed by atoms with van der Waals surface area (Å²) in [6.07, 6.45) is 2.23. The van der Waals surface area contributed by atoms with Gasteiger partial charge in [0.2, 0.25) is 5.91 Å². The molecule has 0 radical (unpaired) electrons. The van der Waals surface area contributed by atoms with Gasteiger partial charge in [-0.1, -0.05) is 18.2 Å². The molecule has 0 aromatic heterocycles. The van der Waals surface area contributed by atoms with E-state index in [1.54, 1.807) is 32.0 Å². The van der Waals surface area contributed by atoms with Gasteiger partial charge in [-0.3, -0.25) is 4.79 Å². The lowest BCUT2D eigenvalue weighted by Crippen LogP contribution is -2.49. The highest BCUT2D eigenvalue weighted by Gasteiger charge is 2.37. The van der Waals surface area contributed by atoms with Gasteiger partial charge in [-0.2, -0.15) is 0 Å². The standard InChI is InChI=1S/C15H21FN2O/c1-15(2,11-5-3-4-6-12(11)16)14(19)18-13(9-17)10-7-8-10/h3-6,10,13H,7-9,17H2,1-2H3,(H,18,19). The van der Waals surface area contributed by atoms with Crippen molar-refractivity contribution in [1.29, 1.82) is 0 Å². The van der Waals surface area contributed by atoms with Crippen LogP contribution in [0.2, 0.25) is 0 Å². The number of carbonyl (C=O) groups excluding carboxylic acids is 1. The van der Waals surface area contributed by atoms with E-state index < -0.39 is 5.41 Å². The summed E-state index contributed by atoms with van der Waals surface area (Å²) >= 11 is 0. The van der Waals surface area contributed by atoms with Gasteiger partial charge in [-0.15, -0.1) is 0 Å². The van der Waals surface area contributed by atoms with Crippen molar-refractivity contribution in [1.82, 2.24) is 5.32 Å². The van der Waals surface area contributed by atoms with E-state index in [1.807, 2.05) is 0 Å². The quantitative estimate of drug-likeness (QED) is 0.854. The zero-order chi connectivity index (χ0) is 14.0. The zero-order valence-corrected chi connectivity index (χ0v) is 11.4. The molecule has 1 aliphatic carbocycles. The van der Waals surface area contributed by atoms with Gasteiger partial charge in [-0.25, -0.2) is 4.39 Å². The van der Waals surface area contributed by atoms with Crippen LogP contribution in [-0.2, 0) is 10.2 Å². The predicted molar refractivity (Wildman–Crippen MR) is 73.1 cm³/mol. The summed E-state index contributed by atoms with van der Waals surface area (Å²) in [5, 5.41) is 2.96. The molecular formula is C15H21FN2O. The van der Waals surface area contributed by atoms with Gasteiger partial charge in [0.25, 0.3) is 0 Å². The Morgan fingerprint density at radius 3 is 2.63 bits per heavy atom. The Morgan fingerprint density at radius 2 is 2.11 bits per heavy atom. The van der Waals surface area contributed by atoms with Crippen LogP contribution in [0, 0.1) is 11.7 Å². The molecule has 1 saturated carbocycles. The maximum absolute atomic E-state index is 13.8. The molecule has 0 saturated heterocycles. The van der Waals surface area contributed by atoms with E-state index in [4.69, 9.17) is 5.73 Å². The summed E-state index contributed by atoms with van der Waals surface area (Å²) in [7, 11) is 0. The highest BCUT2D eigenvalue weighted by molar-refractivity contribution is 5.87. The van der Waals surface area contributed by atoms with Crippen molar-refractivity contribution in [2.24, 2.45) is 11.7 Å². The first-order valence-corrected chi connectivity index (χ1v) is 6.73. The van der Waals surface area contributed by atoms with Crippen LogP contribution in [0.15, 0.2) is 24.3 Å². The van der Waals surface area contributed by atoms with Crippen LogP contribution < -0.4 is 11.1 Å². The fourth-order valence-corrected chi connectivity index (χ4v) is 2.31. The minimum absolute atomic E-state index is 0.0125. The monoisotopic (exact) mass is 264 g/mol. The van der Waals surface area contributed by atoms with E-state index in [2.05, 4.69) is 5.32 Å². The minimum Gasteiger partial charge on any atom is -0.351 e. The molecule has 104 valence electrons. The molecule has 3 nitrogen and oxygen atoms in total. The molecule has 1 atom stereocenters. The van der Waals surface area contributed by atoms with Crippen LogP contribution in [-0.4, -0.2) is 18.5 Å². The third-order valence-corrected chi connectivity index (χ3v) is 3.88. The average molecular weight is 264 g/mol. The van der Waals surface area contributed by atoms with Crippen molar-refractivity contribution < 1.29 is 9.18 Å². The van der Waals surface area contributed by atoms with E-state index >= 15 is 0 Å². The number of carbonyl (C=O) groups is 1. The topological polar surface area (TPSA) is 55.1 Å². The normalized spacial score (nSPS) is 17.1. The van der Waals surface area contributed by atoms with E-state index in [-0.39, 0.29) is 17.8 Å². The lowest BCUT2D eigenvalue weighted by Gasteiger charge is -2.27. The Balaban J connectivity index is 2.14. The number of hydrogen-bond donors (Lipinski definition) is 2. The maximum atomic E-state index is 13.8. The van der Waals surface area contributed by atoms with Crippen molar-refractivity contribution in [2.75, 3.05) is 6.54 Å². The summed E-state index contributed by atoms with van der Waals surface area (Å²) in [4.78, 5) is 12.4. The van der Waals surface area contributed by atoms with Gasteiger partial charge in [0, 0.05) is 18.2 Å².